The standard InChI is InChI=1S/C8H11NO2S/c1-11-8(10)5-9-4-7-2-3-12-6-7/h2-3,6,9H,4-5H2,1H3. The molecular formula is C8H11NO2S. The van der Waals surface area contributed by atoms with E-state index in [1.165, 1.54) is 12.7 Å². The zero-order chi connectivity index (χ0) is 8.81. The van der Waals surface area contributed by atoms with Crippen molar-refractivity contribution in [2.24, 2.45) is 0 Å². The molecule has 1 rings (SSSR count). The first-order valence-electron chi connectivity index (χ1n) is 3.61. The monoisotopic (exact) mass is 185 g/mol. The van der Waals surface area contributed by atoms with Crippen molar-refractivity contribution < 1.29 is 9.53 Å². The van der Waals surface area contributed by atoms with E-state index in [1.807, 2.05) is 16.8 Å². The van der Waals surface area contributed by atoms with Crippen LogP contribution in [0.5, 0.6) is 0 Å². The average molecular weight is 185 g/mol. The molecule has 0 aliphatic heterocycles. The van der Waals surface area contributed by atoms with Crippen LogP contribution in [0.1, 0.15) is 5.56 Å². The summed E-state index contributed by atoms with van der Waals surface area (Å²) < 4.78 is 4.47. The second-order valence-electron chi connectivity index (χ2n) is 2.31. The van der Waals surface area contributed by atoms with Crippen molar-refractivity contribution in [3.63, 3.8) is 0 Å². The minimum Gasteiger partial charge on any atom is -0.468 e. The molecule has 4 heteroatoms. The van der Waals surface area contributed by atoms with Gasteiger partial charge >= 0.3 is 5.97 Å². The number of carbonyl (C=O) groups is 1. The minimum atomic E-state index is -0.231. The molecule has 0 saturated carbocycles. The van der Waals surface area contributed by atoms with Crippen LogP contribution in [0.3, 0.4) is 0 Å². The van der Waals surface area contributed by atoms with Crippen LogP contribution in [0.2, 0.25) is 0 Å². The summed E-state index contributed by atoms with van der Waals surface area (Å²) in [7, 11) is 1.38. The van der Waals surface area contributed by atoms with E-state index in [9.17, 15) is 4.79 Å². The van der Waals surface area contributed by atoms with Crippen molar-refractivity contribution in [3.8, 4) is 0 Å². The van der Waals surface area contributed by atoms with E-state index in [2.05, 4.69) is 10.1 Å². The fourth-order valence-corrected chi connectivity index (χ4v) is 1.44. The lowest BCUT2D eigenvalue weighted by molar-refractivity contribution is -0.139. The Kier molecular flexibility index (Phi) is 3.76. The molecule has 0 bridgehead atoms. The van der Waals surface area contributed by atoms with E-state index in [0.717, 1.165) is 6.54 Å². The topological polar surface area (TPSA) is 38.3 Å². The lowest BCUT2D eigenvalue weighted by Crippen LogP contribution is -2.23. The van der Waals surface area contributed by atoms with Gasteiger partial charge in [-0.15, -0.1) is 0 Å². The summed E-state index contributed by atoms with van der Waals surface area (Å²) in [5.74, 6) is -0.231. The van der Waals surface area contributed by atoms with E-state index < -0.39 is 0 Å². The number of carbonyl (C=O) groups excluding carboxylic acids is 1. The van der Waals surface area contributed by atoms with Crippen LogP contribution in [0.25, 0.3) is 0 Å². The number of ether oxygens (including phenoxy) is 1. The zero-order valence-corrected chi connectivity index (χ0v) is 7.69. The molecule has 0 amide bonds. The summed E-state index contributed by atoms with van der Waals surface area (Å²) in [6.07, 6.45) is 0. The molecule has 0 atom stereocenters. The molecule has 1 aromatic heterocycles. The number of thiophene rings is 1. The zero-order valence-electron chi connectivity index (χ0n) is 6.87. The highest BCUT2D eigenvalue weighted by molar-refractivity contribution is 7.07. The number of methoxy groups -OCH3 is 1. The van der Waals surface area contributed by atoms with Crippen molar-refractivity contribution in [2.45, 2.75) is 6.54 Å². The van der Waals surface area contributed by atoms with Crippen LogP contribution in [-0.2, 0) is 16.1 Å². The molecule has 0 fully saturated rings. The molecule has 66 valence electrons. The van der Waals surface area contributed by atoms with Crippen LogP contribution >= 0.6 is 11.3 Å². The lowest BCUT2D eigenvalue weighted by Gasteiger charge is -2.00. The molecule has 3 nitrogen and oxygen atoms in total. The van der Waals surface area contributed by atoms with Crippen LogP contribution < -0.4 is 5.32 Å². The van der Waals surface area contributed by atoms with Crippen molar-refractivity contribution in [1.29, 1.82) is 0 Å². The van der Waals surface area contributed by atoms with Gasteiger partial charge in [-0.1, -0.05) is 0 Å². The summed E-state index contributed by atoms with van der Waals surface area (Å²) in [5, 5.41) is 7.03. The van der Waals surface area contributed by atoms with Crippen LogP contribution in [-0.4, -0.2) is 19.6 Å². The molecule has 0 aromatic carbocycles. The predicted octanol–water partition coefficient (Wildman–Crippen LogP) is 1.01. The number of hydrogen-bond donors (Lipinski definition) is 1. The van der Waals surface area contributed by atoms with Gasteiger partial charge in [0.25, 0.3) is 0 Å². The Balaban J connectivity index is 2.15. The van der Waals surface area contributed by atoms with Crippen molar-refractivity contribution in [3.05, 3.63) is 22.4 Å². The van der Waals surface area contributed by atoms with Gasteiger partial charge in [0.05, 0.1) is 13.7 Å². The maximum Gasteiger partial charge on any atom is 0.319 e. The molecule has 0 saturated heterocycles. The third-order valence-electron chi connectivity index (χ3n) is 1.41. The Morgan fingerprint density at radius 2 is 2.58 bits per heavy atom. The van der Waals surface area contributed by atoms with E-state index in [1.54, 1.807) is 11.3 Å². The van der Waals surface area contributed by atoms with Gasteiger partial charge in [0.2, 0.25) is 0 Å². The van der Waals surface area contributed by atoms with Crippen LogP contribution in [0.4, 0.5) is 0 Å². The molecule has 0 aliphatic rings. The minimum absolute atomic E-state index is 0.231. The number of nitrogens with one attached hydrogen (secondary N) is 1. The molecule has 1 heterocycles. The molecule has 0 radical (unpaired) electrons. The third-order valence-corrected chi connectivity index (χ3v) is 2.14. The molecular weight excluding hydrogens is 174 g/mol. The second kappa shape index (κ2) is 4.90. The van der Waals surface area contributed by atoms with Crippen LogP contribution in [0.15, 0.2) is 16.8 Å². The summed E-state index contributed by atoms with van der Waals surface area (Å²) in [6.45, 7) is 0.991. The maximum atomic E-state index is 10.7. The molecule has 0 unspecified atom stereocenters. The van der Waals surface area contributed by atoms with Gasteiger partial charge in [0.15, 0.2) is 0 Å². The quantitative estimate of drug-likeness (QED) is 0.711. The van der Waals surface area contributed by atoms with Crippen molar-refractivity contribution >= 4 is 17.3 Å². The van der Waals surface area contributed by atoms with Crippen LogP contribution in [0, 0.1) is 0 Å². The normalized spacial score (nSPS) is 9.75. The van der Waals surface area contributed by atoms with Gasteiger partial charge in [0, 0.05) is 6.54 Å². The fraction of sp³-hybridized carbons (Fsp3) is 0.375. The lowest BCUT2D eigenvalue weighted by atomic mass is 10.3. The fourth-order valence-electron chi connectivity index (χ4n) is 0.774. The highest BCUT2D eigenvalue weighted by Gasteiger charge is 1.98. The number of esters is 1. The Hall–Kier alpha value is -0.870. The summed E-state index contributed by atoms with van der Waals surface area (Å²) in [4.78, 5) is 10.7. The Labute approximate surface area is 75.4 Å². The SMILES string of the molecule is COC(=O)CNCc1ccsc1. The summed E-state index contributed by atoms with van der Waals surface area (Å²) in [6, 6.07) is 2.02. The second-order valence-corrected chi connectivity index (χ2v) is 3.09. The van der Waals surface area contributed by atoms with E-state index >= 15 is 0 Å². The van der Waals surface area contributed by atoms with Gasteiger partial charge in [0.1, 0.15) is 0 Å². The largest absolute Gasteiger partial charge is 0.468 e. The number of rotatable bonds is 4. The highest BCUT2D eigenvalue weighted by atomic mass is 32.1. The maximum absolute atomic E-state index is 10.7. The number of hydrogen-bond acceptors (Lipinski definition) is 4. The first-order chi connectivity index (χ1) is 5.83. The van der Waals surface area contributed by atoms with E-state index in [4.69, 9.17) is 0 Å². The molecule has 1 N–H and O–H groups in total. The van der Waals surface area contributed by atoms with Crippen molar-refractivity contribution in [1.82, 2.24) is 5.32 Å². The van der Waals surface area contributed by atoms with Gasteiger partial charge in [-0.2, -0.15) is 11.3 Å². The smallest absolute Gasteiger partial charge is 0.319 e. The third kappa shape index (κ3) is 3.02. The van der Waals surface area contributed by atoms with Gasteiger partial charge in [-0.25, -0.2) is 0 Å². The van der Waals surface area contributed by atoms with E-state index in [0.29, 0.717) is 0 Å². The summed E-state index contributed by atoms with van der Waals surface area (Å²) >= 11 is 1.65. The first kappa shape index (κ1) is 9.22. The molecule has 0 spiro atoms. The first-order valence-corrected chi connectivity index (χ1v) is 4.56. The molecule has 12 heavy (non-hydrogen) atoms. The predicted molar refractivity (Wildman–Crippen MR) is 48.0 cm³/mol. The molecule has 0 aliphatic carbocycles. The summed E-state index contributed by atoms with van der Waals surface area (Å²) in [5.41, 5.74) is 1.20. The Morgan fingerprint density at radius 1 is 1.75 bits per heavy atom. The van der Waals surface area contributed by atoms with Crippen molar-refractivity contribution in [2.75, 3.05) is 13.7 Å². The van der Waals surface area contributed by atoms with Gasteiger partial charge < -0.3 is 10.1 Å². The van der Waals surface area contributed by atoms with Gasteiger partial charge in [-0.3, -0.25) is 4.79 Å². The Bertz CT molecular complexity index is 233. The molecule has 1 aromatic rings. The average Bonchev–Trinajstić information content (AvgIpc) is 2.57. The highest BCUT2D eigenvalue weighted by Crippen LogP contribution is 2.04. The van der Waals surface area contributed by atoms with E-state index in [-0.39, 0.29) is 12.5 Å². The van der Waals surface area contributed by atoms with Gasteiger partial charge in [-0.05, 0) is 22.4 Å². The Morgan fingerprint density at radius 3 is 3.17 bits per heavy atom.